The number of aldehydes is 1. The maximum absolute atomic E-state index is 11.3. The zero-order valence-electron chi connectivity index (χ0n) is 14.5. The molecule has 3 atom stereocenters. The molecule has 0 aliphatic carbocycles. The van der Waals surface area contributed by atoms with Crippen LogP contribution in [-0.2, 0) is 10.4 Å². The second-order valence-corrected chi connectivity index (χ2v) is 7.86. The summed E-state index contributed by atoms with van der Waals surface area (Å²) in [6.45, 7) is 8.45. The number of carbonyl (C=O) groups excluding carboxylic acids is 1. The third-order valence-electron chi connectivity index (χ3n) is 5.21. The smallest absolute Gasteiger partial charge is 0.137 e. The molecule has 0 spiro atoms. The van der Waals surface area contributed by atoms with Crippen molar-refractivity contribution in [3.63, 3.8) is 0 Å². The van der Waals surface area contributed by atoms with Crippen LogP contribution in [0.5, 0.6) is 0 Å². The Morgan fingerprint density at radius 2 is 1.96 bits per heavy atom. The molecule has 6 heteroatoms. The Kier molecular flexibility index (Phi) is 7.27. The molecule has 1 heterocycles. The molecule has 1 aromatic carbocycles. The molecule has 1 fully saturated rings. The van der Waals surface area contributed by atoms with Crippen LogP contribution < -0.4 is 5.73 Å². The number of likely N-dealkylation sites (tertiary alicyclic amines) is 1. The van der Waals surface area contributed by atoms with E-state index < -0.39 is 11.6 Å². The van der Waals surface area contributed by atoms with Crippen LogP contribution in [0.25, 0.3) is 0 Å². The highest BCUT2D eigenvalue weighted by Crippen LogP contribution is 2.46. The van der Waals surface area contributed by atoms with Crippen molar-refractivity contribution in [3.8, 4) is 0 Å². The first kappa shape index (κ1) is 21.4. The van der Waals surface area contributed by atoms with Crippen molar-refractivity contribution in [2.75, 3.05) is 19.6 Å². The topological polar surface area (TPSA) is 66.6 Å². The molecule has 24 heavy (non-hydrogen) atoms. The lowest BCUT2D eigenvalue weighted by molar-refractivity contribution is -0.128. The fourth-order valence-corrected chi connectivity index (χ4v) is 3.63. The molecule has 1 saturated heterocycles. The van der Waals surface area contributed by atoms with E-state index in [9.17, 15) is 9.90 Å². The maximum atomic E-state index is 11.3. The van der Waals surface area contributed by atoms with Crippen molar-refractivity contribution in [1.82, 2.24) is 4.90 Å². The number of rotatable bonds is 5. The molecule has 4 nitrogen and oxygen atoms in total. The van der Waals surface area contributed by atoms with Gasteiger partial charge in [0.25, 0.3) is 0 Å². The van der Waals surface area contributed by atoms with E-state index in [4.69, 9.17) is 17.3 Å². The molecule has 1 aromatic rings. The summed E-state index contributed by atoms with van der Waals surface area (Å²) in [5, 5.41) is 12.0. The van der Waals surface area contributed by atoms with E-state index in [0.717, 1.165) is 31.5 Å². The van der Waals surface area contributed by atoms with Crippen LogP contribution in [0.3, 0.4) is 0 Å². The first-order valence-corrected chi connectivity index (χ1v) is 8.49. The third kappa shape index (κ3) is 4.30. The van der Waals surface area contributed by atoms with Gasteiger partial charge >= 0.3 is 0 Å². The highest BCUT2D eigenvalue weighted by atomic mass is 35.5. The molecule has 0 bridgehead atoms. The SMILES string of the molecule is CC(CN1CC[C@](O)(c2ccc(Cl)cc2)C(C)(C)C1)C(N)C=O.Cl. The fraction of sp³-hybridized carbons (Fsp3) is 0.611. The molecule has 0 radical (unpaired) electrons. The van der Waals surface area contributed by atoms with Crippen molar-refractivity contribution in [1.29, 1.82) is 0 Å². The van der Waals surface area contributed by atoms with Crippen molar-refractivity contribution >= 4 is 30.3 Å². The standard InChI is InChI=1S/C18H27ClN2O2.ClH/c1-13(16(20)11-22)10-21-9-8-18(23,17(2,3)12-21)14-4-6-15(19)7-5-14;/h4-7,11,13,16,23H,8-10,12,20H2,1-3H3;1H/t13?,16?,18-;/m0./s1. The van der Waals surface area contributed by atoms with Crippen molar-refractivity contribution < 1.29 is 9.90 Å². The van der Waals surface area contributed by atoms with Gasteiger partial charge in [-0.2, -0.15) is 0 Å². The van der Waals surface area contributed by atoms with Gasteiger partial charge in [0.2, 0.25) is 0 Å². The summed E-state index contributed by atoms with van der Waals surface area (Å²) in [4.78, 5) is 13.1. The summed E-state index contributed by atoms with van der Waals surface area (Å²) in [5.74, 6) is 0.102. The van der Waals surface area contributed by atoms with Crippen molar-refractivity contribution in [3.05, 3.63) is 34.9 Å². The van der Waals surface area contributed by atoms with Gasteiger partial charge in [-0.1, -0.05) is 44.5 Å². The van der Waals surface area contributed by atoms with E-state index in [1.807, 2.05) is 31.2 Å². The number of piperidine rings is 1. The average molecular weight is 375 g/mol. The zero-order chi connectivity index (χ0) is 17.3. The van der Waals surface area contributed by atoms with E-state index in [-0.39, 0.29) is 23.7 Å². The minimum absolute atomic E-state index is 0. The van der Waals surface area contributed by atoms with E-state index in [1.165, 1.54) is 0 Å². The van der Waals surface area contributed by atoms with E-state index in [0.29, 0.717) is 11.4 Å². The molecule has 0 amide bonds. The van der Waals surface area contributed by atoms with Crippen LogP contribution in [0.2, 0.25) is 5.02 Å². The second kappa shape index (κ2) is 8.15. The molecule has 0 saturated carbocycles. The number of nitrogens with zero attached hydrogens (tertiary/aromatic N) is 1. The normalized spacial score (nSPS) is 26.2. The third-order valence-corrected chi connectivity index (χ3v) is 5.46. The molecule has 2 rings (SSSR count). The lowest BCUT2D eigenvalue weighted by atomic mass is 9.66. The molecule has 0 aromatic heterocycles. The van der Waals surface area contributed by atoms with E-state index in [1.54, 1.807) is 0 Å². The largest absolute Gasteiger partial charge is 0.385 e. The number of hydrogen-bond donors (Lipinski definition) is 2. The molecule has 2 unspecified atom stereocenters. The average Bonchev–Trinajstić information content (AvgIpc) is 2.50. The van der Waals surface area contributed by atoms with Crippen LogP contribution >= 0.6 is 24.0 Å². The summed E-state index contributed by atoms with van der Waals surface area (Å²) >= 11 is 5.96. The number of carbonyl (C=O) groups is 1. The van der Waals surface area contributed by atoms with Crippen LogP contribution in [0.4, 0.5) is 0 Å². The lowest BCUT2D eigenvalue weighted by Crippen LogP contribution is -2.56. The number of hydrogen-bond acceptors (Lipinski definition) is 4. The zero-order valence-corrected chi connectivity index (χ0v) is 16.1. The fourth-order valence-electron chi connectivity index (χ4n) is 3.51. The molecule has 3 N–H and O–H groups in total. The summed E-state index contributed by atoms with van der Waals surface area (Å²) in [6, 6.07) is 7.02. The lowest BCUT2D eigenvalue weighted by Gasteiger charge is -2.51. The summed E-state index contributed by atoms with van der Waals surface area (Å²) in [5.41, 5.74) is 5.51. The second-order valence-electron chi connectivity index (χ2n) is 7.43. The quantitative estimate of drug-likeness (QED) is 0.777. The van der Waals surface area contributed by atoms with Gasteiger partial charge in [-0.05, 0) is 30.0 Å². The predicted octanol–water partition coefficient (Wildman–Crippen LogP) is 2.84. The minimum Gasteiger partial charge on any atom is -0.385 e. The Morgan fingerprint density at radius 3 is 2.46 bits per heavy atom. The first-order chi connectivity index (χ1) is 10.7. The monoisotopic (exact) mass is 374 g/mol. The Morgan fingerprint density at radius 1 is 1.38 bits per heavy atom. The van der Waals surface area contributed by atoms with Gasteiger partial charge in [0.05, 0.1) is 11.6 Å². The highest BCUT2D eigenvalue weighted by Gasteiger charge is 2.48. The predicted molar refractivity (Wildman–Crippen MR) is 101 cm³/mol. The first-order valence-electron chi connectivity index (χ1n) is 8.11. The van der Waals surface area contributed by atoms with Gasteiger partial charge in [-0.15, -0.1) is 12.4 Å². The van der Waals surface area contributed by atoms with Crippen molar-refractivity contribution in [2.24, 2.45) is 17.1 Å². The Hall–Kier alpha value is -0.650. The van der Waals surface area contributed by atoms with E-state index >= 15 is 0 Å². The van der Waals surface area contributed by atoms with Gasteiger partial charge in [0.1, 0.15) is 6.29 Å². The summed E-state index contributed by atoms with van der Waals surface area (Å²) < 4.78 is 0. The van der Waals surface area contributed by atoms with Gasteiger partial charge in [-0.3, -0.25) is 0 Å². The van der Waals surface area contributed by atoms with Gasteiger partial charge in [0.15, 0.2) is 0 Å². The van der Waals surface area contributed by atoms with Crippen LogP contribution in [-0.4, -0.2) is 42.0 Å². The van der Waals surface area contributed by atoms with Crippen LogP contribution in [0.15, 0.2) is 24.3 Å². The van der Waals surface area contributed by atoms with Gasteiger partial charge in [-0.25, -0.2) is 0 Å². The molecular formula is C18H28Cl2N2O2. The summed E-state index contributed by atoms with van der Waals surface area (Å²) in [6.07, 6.45) is 1.45. The Balaban J connectivity index is 0.00000288. The Bertz CT molecular complexity index is 550. The Labute approximate surface area is 155 Å². The maximum Gasteiger partial charge on any atom is 0.137 e. The summed E-state index contributed by atoms with van der Waals surface area (Å²) in [7, 11) is 0. The molecule has 1 aliphatic rings. The van der Waals surface area contributed by atoms with Crippen LogP contribution in [0, 0.1) is 11.3 Å². The molecule has 136 valence electrons. The van der Waals surface area contributed by atoms with E-state index in [2.05, 4.69) is 18.7 Å². The molecule has 1 aliphatic heterocycles. The van der Waals surface area contributed by atoms with Gasteiger partial charge < -0.3 is 20.5 Å². The highest BCUT2D eigenvalue weighted by molar-refractivity contribution is 6.30. The number of halogens is 2. The number of aliphatic hydroxyl groups is 1. The van der Waals surface area contributed by atoms with Crippen LogP contribution in [0.1, 0.15) is 32.8 Å². The number of benzene rings is 1. The minimum atomic E-state index is -0.885. The van der Waals surface area contributed by atoms with Gasteiger partial charge in [0, 0.05) is 30.1 Å². The van der Waals surface area contributed by atoms with Crippen molar-refractivity contribution in [2.45, 2.75) is 38.8 Å². The molecular weight excluding hydrogens is 347 g/mol. The number of nitrogens with two attached hydrogens (primary N) is 1.